The van der Waals surface area contributed by atoms with Crippen molar-refractivity contribution < 1.29 is 9.53 Å². The van der Waals surface area contributed by atoms with E-state index < -0.39 is 0 Å². The van der Waals surface area contributed by atoms with Gasteiger partial charge in [-0.1, -0.05) is 0 Å². The number of nitrogens with one attached hydrogen (secondary N) is 1. The number of ether oxygens (including phenoxy) is 1. The van der Waals surface area contributed by atoms with Crippen LogP contribution in [0.5, 0.6) is 0 Å². The van der Waals surface area contributed by atoms with Crippen LogP contribution in [0.4, 0.5) is 0 Å². The van der Waals surface area contributed by atoms with Crippen LogP contribution in [0.1, 0.15) is 13.3 Å². The highest BCUT2D eigenvalue weighted by Gasteiger charge is 2.25. The van der Waals surface area contributed by atoms with E-state index in [1.54, 1.807) is 0 Å². The van der Waals surface area contributed by atoms with Crippen LogP contribution in [0.3, 0.4) is 0 Å². The number of hydrogen-bond acceptors (Lipinski definition) is 3. The highest BCUT2D eigenvalue weighted by atomic mass is 16.5. The van der Waals surface area contributed by atoms with Crippen molar-refractivity contribution in [3.05, 3.63) is 0 Å². The molecule has 0 saturated carbocycles. The van der Waals surface area contributed by atoms with Gasteiger partial charge in [0.15, 0.2) is 0 Å². The van der Waals surface area contributed by atoms with Gasteiger partial charge in [-0.15, -0.1) is 0 Å². The van der Waals surface area contributed by atoms with Crippen molar-refractivity contribution in [3.63, 3.8) is 0 Å². The molecular weight excluding hydrogens is 180 g/mol. The maximum Gasteiger partial charge on any atom is 0.248 e. The lowest BCUT2D eigenvalue weighted by Crippen LogP contribution is -2.33. The summed E-state index contributed by atoms with van der Waals surface area (Å²) in [5.41, 5.74) is 0. The lowest BCUT2D eigenvalue weighted by molar-refractivity contribution is -0.135. The molecule has 1 aliphatic heterocycles. The van der Waals surface area contributed by atoms with E-state index in [0.717, 1.165) is 26.1 Å². The topological polar surface area (TPSA) is 41.6 Å². The lowest BCUT2D eigenvalue weighted by Gasteiger charge is -2.16. The molecule has 0 aromatic heterocycles. The number of carbonyl (C=O) groups is 1. The van der Waals surface area contributed by atoms with E-state index in [0.29, 0.717) is 12.5 Å². The molecule has 1 saturated heterocycles. The molecule has 0 aliphatic carbocycles. The highest BCUT2D eigenvalue weighted by molar-refractivity contribution is 5.77. The van der Waals surface area contributed by atoms with Crippen molar-refractivity contribution >= 4 is 5.91 Å². The maximum absolute atomic E-state index is 11.5. The fourth-order valence-corrected chi connectivity index (χ4v) is 1.80. The minimum absolute atomic E-state index is 0.130. The Morgan fingerprint density at radius 2 is 2.43 bits per heavy atom. The van der Waals surface area contributed by atoms with Crippen LogP contribution >= 0.6 is 0 Å². The van der Waals surface area contributed by atoms with Gasteiger partial charge in [0.25, 0.3) is 0 Å². The van der Waals surface area contributed by atoms with Crippen molar-refractivity contribution in [1.29, 1.82) is 0 Å². The summed E-state index contributed by atoms with van der Waals surface area (Å²) in [6.07, 6.45) is 1.11. The van der Waals surface area contributed by atoms with Crippen LogP contribution < -0.4 is 5.32 Å². The Morgan fingerprint density at radius 3 is 3.07 bits per heavy atom. The smallest absolute Gasteiger partial charge is 0.248 e. The van der Waals surface area contributed by atoms with Crippen molar-refractivity contribution in [2.75, 3.05) is 39.9 Å². The molecule has 1 amide bonds. The molecule has 1 aliphatic rings. The predicted molar refractivity (Wildman–Crippen MR) is 55.1 cm³/mol. The van der Waals surface area contributed by atoms with E-state index in [1.165, 1.54) is 0 Å². The quantitative estimate of drug-likeness (QED) is 0.684. The third-order valence-corrected chi connectivity index (χ3v) is 2.56. The molecule has 1 atom stereocenters. The van der Waals surface area contributed by atoms with Gasteiger partial charge in [-0.2, -0.15) is 0 Å². The molecule has 0 bridgehead atoms. The summed E-state index contributed by atoms with van der Waals surface area (Å²) in [5.74, 6) is 0.746. The standard InChI is InChI=1S/C10H20N2O2/c1-3-14-8-10(13)12-5-4-9(7-12)6-11-2/h9,11H,3-8H2,1-2H3. The van der Waals surface area contributed by atoms with Gasteiger partial charge in [-0.25, -0.2) is 0 Å². The van der Waals surface area contributed by atoms with Gasteiger partial charge < -0.3 is 15.0 Å². The summed E-state index contributed by atoms with van der Waals surface area (Å²) in [6, 6.07) is 0. The molecule has 1 N–H and O–H groups in total. The lowest BCUT2D eigenvalue weighted by atomic mass is 10.1. The summed E-state index contributed by atoms with van der Waals surface area (Å²) >= 11 is 0. The predicted octanol–water partition coefficient (Wildman–Crippen LogP) is 0.0908. The second-order valence-electron chi connectivity index (χ2n) is 3.69. The van der Waals surface area contributed by atoms with Crippen LogP contribution in [0, 0.1) is 5.92 Å². The Balaban J connectivity index is 2.23. The molecule has 82 valence electrons. The van der Waals surface area contributed by atoms with Gasteiger partial charge in [0.05, 0.1) is 0 Å². The third kappa shape index (κ3) is 3.27. The summed E-state index contributed by atoms with van der Waals surface area (Å²) in [5, 5.41) is 3.14. The van der Waals surface area contributed by atoms with Gasteiger partial charge >= 0.3 is 0 Å². The molecule has 1 rings (SSSR count). The van der Waals surface area contributed by atoms with Gasteiger partial charge in [0, 0.05) is 19.7 Å². The van der Waals surface area contributed by atoms with Crippen LogP contribution in [0.2, 0.25) is 0 Å². The van der Waals surface area contributed by atoms with Gasteiger partial charge in [-0.3, -0.25) is 4.79 Å². The molecule has 0 radical (unpaired) electrons. The number of hydrogen-bond donors (Lipinski definition) is 1. The Morgan fingerprint density at radius 1 is 1.64 bits per heavy atom. The minimum atomic E-state index is 0.130. The molecule has 1 fully saturated rings. The molecule has 0 aromatic rings. The zero-order valence-corrected chi connectivity index (χ0v) is 9.08. The zero-order chi connectivity index (χ0) is 10.4. The van der Waals surface area contributed by atoms with Crippen LogP contribution in [0.15, 0.2) is 0 Å². The van der Waals surface area contributed by atoms with E-state index >= 15 is 0 Å². The minimum Gasteiger partial charge on any atom is -0.372 e. The monoisotopic (exact) mass is 200 g/mol. The number of carbonyl (C=O) groups excluding carboxylic acids is 1. The van der Waals surface area contributed by atoms with Crippen molar-refractivity contribution in [2.45, 2.75) is 13.3 Å². The molecule has 4 heteroatoms. The first-order valence-electron chi connectivity index (χ1n) is 5.28. The van der Waals surface area contributed by atoms with Gasteiger partial charge in [0.1, 0.15) is 6.61 Å². The van der Waals surface area contributed by atoms with E-state index in [1.807, 2.05) is 18.9 Å². The van der Waals surface area contributed by atoms with Crippen molar-refractivity contribution in [2.24, 2.45) is 5.92 Å². The molecule has 1 unspecified atom stereocenters. The molecule has 1 heterocycles. The first-order valence-corrected chi connectivity index (χ1v) is 5.28. The van der Waals surface area contributed by atoms with E-state index in [4.69, 9.17) is 4.74 Å². The Hall–Kier alpha value is -0.610. The van der Waals surface area contributed by atoms with Crippen LogP contribution in [0.25, 0.3) is 0 Å². The number of amides is 1. The summed E-state index contributed by atoms with van der Waals surface area (Å²) < 4.78 is 5.10. The van der Waals surface area contributed by atoms with E-state index in [2.05, 4.69) is 5.32 Å². The summed E-state index contributed by atoms with van der Waals surface area (Å²) in [7, 11) is 1.95. The molecule has 14 heavy (non-hydrogen) atoms. The molecular formula is C10H20N2O2. The molecule has 4 nitrogen and oxygen atoms in total. The van der Waals surface area contributed by atoms with Gasteiger partial charge in [0.2, 0.25) is 5.91 Å². The van der Waals surface area contributed by atoms with Crippen molar-refractivity contribution in [3.8, 4) is 0 Å². The van der Waals surface area contributed by atoms with Gasteiger partial charge in [-0.05, 0) is 32.9 Å². The van der Waals surface area contributed by atoms with Crippen LogP contribution in [-0.2, 0) is 9.53 Å². The third-order valence-electron chi connectivity index (χ3n) is 2.56. The summed E-state index contributed by atoms with van der Waals surface area (Å²) in [6.45, 7) is 5.52. The Bertz CT molecular complexity index is 185. The van der Waals surface area contributed by atoms with E-state index in [-0.39, 0.29) is 12.5 Å². The number of nitrogens with zero attached hydrogens (tertiary/aromatic N) is 1. The zero-order valence-electron chi connectivity index (χ0n) is 9.08. The largest absolute Gasteiger partial charge is 0.372 e. The average molecular weight is 200 g/mol. The second kappa shape index (κ2) is 5.98. The summed E-state index contributed by atoms with van der Waals surface area (Å²) in [4.78, 5) is 13.4. The number of rotatable bonds is 5. The first kappa shape index (κ1) is 11.5. The molecule has 0 spiro atoms. The SMILES string of the molecule is CCOCC(=O)N1CCC(CNC)C1. The maximum atomic E-state index is 11.5. The Kier molecular flexibility index (Phi) is 4.90. The second-order valence-corrected chi connectivity index (χ2v) is 3.69. The highest BCUT2D eigenvalue weighted by Crippen LogP contribution is 2.15. The normalized spacial score (nSPS) is 21.6. The Labute approximate surface area is 85.6 Å². The average Bonchev–Trinajstić information content (AvgIpc) is 2.63. The molecule has 0 aromatic carbocycles. The number of likely N-dealkylation sites (tertiary alicyclic amines) is 1. The fourth-order valence-electron chi connectivity index (χ4n) is 1.80. The van der Waals surface area contributed by atoms with E-state index in [9.17, 15) is 4.79 Å². The van der Waals surface area contributed by atoms with Crippen LogP contribution in [-0.4, -0.2) is 50.7 Å². The first-order chi connectivity index (χ1) is 6.77. The van der Waals surface area contributed by atoms with Crippen molar-refractivity contribution in [1.82, 2.24) is 10.2 Å². The fraction of sp³-hybridized carbons (Fsp3) is 0.900.